The molecule has 1 aromatic heterocycles. The molecule has 0 bridgehead atoms. The molecule has 2 heterocycles. The quantitative estimate of drug-likeness (QED) is 0.179. The van der Waals surface area contributed by atoms with Crippen LogP contribution in [0.4, 0.5) is 46.7 Å². The number of rotatable bonds is 10. The molecule has 0 aliphatic carbocycles. The molecule has 1 aliphatic heterocycles. The zero-order valence-electron chi connectivity index (χ0n) is 24.8. The summed E-state index contributed by atoms with van der Waals surface area (Å²) in [5.41, 5.74) is 0.908. The van der Waals surface area contributed by atoms with E-state index in [-0.39, 0.29) is 12.2 Å². The summed E-state index contributed by atoms with van der Waals surface area (Å²) in [6.45, 7) is 3.24. The lowest BCUT2D eigenvalue weighted by atomic mass is 10.0. The van der Waals surface area contributed by atoms with E-state index in [1.54, 1.807) is 52.3 Å². The van der Waals surface area contributed by atoms with Gasteiger partial charge in [0.25, 0.3) is 5.91 Å². The number of hydrogen-bond acceptors (Lipinski definition) is 8. The molecule has 234 valence electrons. The maximum absolute atomic E-state index is 13.7. The molecule has 1 saturated heterocycles. The minimum atomic E-state index is -4.87. The summed E-state index contributed by atoms with van der Waals surface area (Å²) in [7, 11) is 3.14. The van der Waals surface area contributed by atoms with Crippen molar-refractivity contribution in [1.29, 1.82) is 0 Å². The molecule has 5 rings (SSSR count). The van der Waals surface area contributed by atoms with Gasteiger partial charge in [-0.3, -0.25) is 4.79 Å². The molecule has 1 fully saturated rings. The molecule has 3 amide bonds. The molecular weight excluding hydrogens is 591 g/mol. The summed E-state index contributed by atoms with van der Waals surface area (Å²) in [5.74, 6) is 1.21. The number of carbonyl (C=O) groups is 2. The van der Waals surface area contributed by atoms with Crippen LogP contribution in [0.5, 0.6) is 17.2 Å². The van der Waals surface area contributed by atoms with Gasteiger partial charge in [-0.1, -0.05) is 12.1 Å². The first-order valence-electron chi connectivity index (χ1n) is 13.7. The number of urea groups is 1. The van der Waals surface area contributed by atoms with Gasteiger partial charge in [-0.15, -0.1) is 13.2 Å². The molecule has 1 aliphatic rings. The highest BCUT2D eigenvalue weighted by molar-refractivity contribution is 6.22. The maximum Gasteiger partial charge on any atom is 0.573 e. The summed E-state index contributed by atoms with van der Waals surface area (Å²) >= 11 is 0. The Kier molecular flexibility index (Phi) is 8.45. The molecule has 4 aromatic rings. The van der Waals surface area contributed by atoms with Crippen molar-refractivity contribution < 1.29 is 37.0 Å². The van der Waals surface area contributed by atoms with E-state index in [1.165, 1.54) is 17.0 Å². The standard InChI is InChI=1S/C32H30F3N5O5/c1-31(2)29(41)40(23-11-13-24(14-12-23)45-32(33,34)35)30(42)39(31)19-20-15-27(36-21-7-5-9-25(17-21)43-3)38-28(16-20)37-22-8-6-10-26(18-22)44-4/h5-18H,19H2,1-4H3,(H2,36,37,38). The number of aromatic nitrogens is 1. The number of amides is 3. The van der Waals surface area contributed by atoms with Crippen LogP contribution in [-0.2, 0) is 11.3 Å². The summed E-state index contributed by atoms with van der Waals surface area (Å²) < 4.78 is 52.4. The second-order valence-corrected chi connectivity index (χ2v) is 10.6. The number of alkyl halides is 3. The van der Waals surface area contributed by atoms with Crippen molar-refractivity contribution in [2.75, 3.05) is 29.8 Å². The second-order valence-electron chi connectivity index (χ2n) is 10.6. The van der Waals surface area contributed by atoms with Crippen LogP contribution in [0.3, 0.4) is 0 Å². The smallest absolute Gasteiger partial charge is 0.497 e. The highest BCUT2D eigenvalue weighted by Gasteiger charge is 2.51. The fourth-order valence-corrected chi connectivity index (χ4v) is 4.81. The topological polar surface area (TPSA) is 105 Å². The predicted molar refractivity (Wildman–Crippen MR) is 162 cm³/mol. The lowest BCUT2D eigenvalue weighted by molar-refractivity contribution is -0.274. The summed E-state index contributed by atoms with van der Waals surface area (Å²) in [4.78, 5) is 34.2. The van der Waals surface area contributed by atoms with E-state index in [1.807, 2.05) is 36.4 Å². The number of benzene rings is 3. The Hall–Kier alpha value is -5.46. The number of carbonyl (C=O) groups excluding carboxylic acids is 2. The Balaban J connectivity index is 1.45. The predicted octanol–water partition coefficient (Wildman–Crippen LogP) is 7.23. The van der Waals surface area contributed by atoms with E-state index in [2.05, 4.69) is 15.4 Å². The van der Waals surface area contributed by atoms with Crippen LogP contribution in [0.1, 0.15) is 19.4 Å². The van der Waals surface area contributed by atoms with Gasteiger partial charge in [0.1, 0.15) is 34.4 Å². The first-order chi connectivity index (χ1) is 21.4. The average molecular weight is 622 g/mol. The van der Waals surface area contributed by atoms with Crippen molar-refractivity contribution in [1.82, 2.24) is 9.88 Å². The molecule has 45 heavy (non-hydrogen) atoms. The third kappa shape index (κ3) is 7.03. The van der Waals surface area contributed by atoms with E-state index in [0.717, 1.165) is 17.0 Å². The van der Waals surface area contributed by atoms with Crippen LogP contribution in [-0.4, -0.2) is 47.9 Å². The van der Waals surface area contributed by atoms with E-state index in [4.69, 9.17) is 14.5 Å². The molecule has 10 nitrogen and oxygen atoms in total. The molecule has 2 N–H and O–H groups in total. The number of imide groups is 1. The van der Waals surface area contributed by atoms with E-state index >= 15 is 0 Å². The van der Waals surface area contributed by atoms with Crippen molar-refractivity contribution >= 4 is 40.6 Å². The molecular formula is C32H30F3N5O5. The summed E-state index contributed by atoms with van der Waals surface area (Å²) in [6, 6.07) is 22.0. The van der Waals surface area contributed by atoms with Crippen LogP contribution in [0, 0.1) is 0 Å². The number of hydrogen-bond donors (Lipinski definition) is 2. The van der Waals surface area contributed by atoms with Gasteiger partial charge in [-0.2, -0.15) is 0 Å². The Bertz CT molecular complexity index is 1640. The van der Waals surface area contributed by atoms with E-state index in [9.17, 15) is 22.8 Å². The van der Waals surface area contributed by atoms with Crippen LogP contribution in [0.25, 0.3) is 0 Å². The highest BCUT2D eigenvalue weighted by Crippen LogP contribution is 2.35. The number of pyridine rings is 1. The fourth-order valence-electron chi connectivity index (χ4n) is 4.81. The monoisotopic (exact) mass is 621 g/mol. The molecule has 3 aromatic carbocycles. The molecule has 0 saturated carbocycles. The van der Waals surface area contributed by atoms with Gasteiger partial charge in [-0.25, -0.2) is 14.7 Å². The number of methoxy groups -OCH3 is 2. The van der Waals surface area contributed by atoms with Gasteiger partial charge in [-0.05, 0) is 80.1 Å². The lowest BCUT2D eigenvalue weighted by Crippen LogP contribution is -2.43. The van der Waals surface area contributed by atoms with Gasteiger partial charge < -0.3 is 29.7 Å². The minimum absolute atomic E-state index is 0.0193. The number of halogens is 3. The van der Waals surface area contributed by atoms with Gasteiger partial charge >= 0.3 is 12.4 Å². The SMILES string of the molecule is COc1cccc(Nc2cc(CN3C(=O)N(c4ccc(OC(F)(F)F)cc4)C(=O)C3(C)C)cc(Nc3cccc(OC)c3)n2)c1. The van der Waals surface area contributed by atoms with Crippen LogP contribution in [0.15, 0.2) is 84.9 Å². The third-order valence-electron chi connectivity index (χ3n) is 7.06. The minimum Gasteiger partial charge on any atom is -0.497 e. The second kappa shape index (κ2) is 12.3. The Morgan fingerprint density at radius 3 is 1.80 bits per heavy atom. The molecule has 13 heteroatoms. The maximum atomic E-state index is 13.7. The number of ether oxygens (including phenoxy) is 3. The van der Waals surface area contributed by atoms with E-state index < -0.39 is 29.6 Å². The van der Waals surface area contributed by atoms with Crippen molar-refractivity contribution in [3.63, 3.8) is 0 Å². The fraction of sp³-hybridized carbons (Fsp3) is 0.219. The number of nitrogens with zero attached hydrogens (tertiary/aromatic N) is 3. The van der Waals surface area contributed by atoms with Crippen LogP contribution in [0.2, 0.25) is 0 Å². The lowest BCUT2D eigenvalue weighted by Gasteiger charge is -2.28. The van der Waals surface area contributed by atoms with Crippen molar-refractivity contribution in [3.05, 3.63) is 90.5 Å². The normalized spacial score (nSPS) is 14.4. The Morgan fingerprint density at radius 2 is 1.31 bits per heavy atom. The molecule has 0 atom stereocenters. The van der Waals surface area contributed by atoms with Crippen molar-refractivity contribution in [2.24, 2.45) is 0 Å². The Morgan fingerprint density at radius 1 is 0.778 bits per heavy atom. The van der Waals surface area contributed by atoms with Crippen LogP contribution < -0.4 is 29.7 Å². The zero-order valence-corrected chi connectivity index (χ0v) is 24.8. The van der Waals surface area contributed by atoms with E-state index in [0.29, 0.717) is 40.1 Å². The first kappa shape index (κ1) is 31.0. The van der Waals surface area contributed by atoms with Gasteiger partial charge in [0.05, 0.1) is 19.9 Å². The van der Waals surface area contributed by atoms with Crippen molar-refractivity contribution in [3.8, 4) is 17.2 Å². The highest BCUT2D eigenvalue weighted by atomic mass is 19.4. The zero-order chi connectivity index (χ0) is 32.4. The summed E-state index contributed by atoms with van der Waals surface area (Å²) in [6.07, 6.45) is -4.87. The average Bonchev–Trinajstić information content (AvgIpc) is 3.16. The molecule has 0 spiro atoms. The molecule has 0 radical (unpaired) electrons. The van der Waals surface area contributed by atoms with Crippen LogP contribution >= 0.6 is 0 Å². The van der Waals surface area contributed by atoms with Gasteiger partial charge in [0.2, 0.25) is 0 Å². The summed E-state index contributed by atoms with van der Waals surface area (Å²) in [5, 5.41) is 6.52. The third-order valence-corrected chi connectivity index (χ3v) is 7.06. The number of anilines is 5. The number of nitrogens with one attached hydrogen (secondary N) is 2. The van der Waals surface area contributed by atoms with Crippen molar-refractivity contribution in [2.45, 2.75) is 32.3 Å². The largest absolute Gasteiger partial charge is 0.573 e. The van der Waals surface area contributed by atoms with Gasteiger partial charge in [0.15, 0.2) is 0 Å². The molecule has 0 unspecified atom stereocenters. The Labute approximate surface area is 257 Å². The van der Waals surface area contributed by atoms with Gasteiger partial charge in [0, 0.05) is 30.1 Å². The first-order valence-corrected chi connectivity index (χ1v) is 13.7.